The van der Waals surface area contributed by atoms with Crippen molar-refractivity contribution in [3.63, 3.8) is 0 Å². The van der Waals surface area contributed by atoms with Crippen LogP contribution in [0.2, 0.25) is 25.1 Å². The number of halogens is 5. The minimum atomic E-state index is -3.87. The first-order valence-electron chi connectivity index (χ1n) is 19.0. The lowest BCUT2D eigenvalue weighted by Crippen LogP contribution is -2.35. The lowest BCUT2D eigenvalue weighted by atomic mass is 10.1. The van der Waals surface area contributed by atoms with Crippen LogP contribution in [-0.2, 0) is 20.0 Å². The maximum atomic E-state index is 13.2. The fourth-order valence-electron chi connectivity index (χ4n) is 7.53. The largest absolute Gasteiger partial charge is 0.475 e. The molecule has 2 N–H and O–H groups in total. The summed E-state index contributed by atoms with van der Waals surface area (Å²) in [7, 11) is -7.66. The summed E-state index contributed by atoms with van der Waals surface area (Å²) in [6, 6.07) is 19.1. The first-order chi connectivity index (χ1) is 29.4. The van der Waals surface area contributed by atoms with Gasteiger partial charge in [0.15, 0.2) is 0 Å². The van der Waals surface area contributed by atoms with Gasteiger partial charge in [-0.2, -0.15) is 8.61 Å². The molecule has 4 heterocycles. The van der Waals surface area contributed by atoms with Crippen molar-refractivity contribution in [1.82, 2.24) is 8.61 Å². The van der Waals surface area contributed by atoms with Crippen LogP contribution >= 0.6 is 58.0 Å². The van der Waals surface area contributed by atoms with Gasteiger partial charge in [0.25, 0.3) is 0 Å². The second-order valence-electron chi connectivity index (χ2n) is 14.4. The molecular formula is C41H37Cl5N4O10S2. The molecule has 2 aliphatic heterocycles. The molecule has 2 aromatic heterocycles. The van der Waals surface area contributed by atoms with Crippen LogP contribution in [0.15, 0.2) is 91.4 Å². The molecule has 0 saturated carbocycles. The van der Waals surface area contributed by atoms with Gasteiger partial charge in [0.2, 0.25) is 31.6 Å². The summed E-state index contributed by atoms with van der Waals surface area (Å²) in [5.41, 5.74) is 3.38. The number of hydrogen-bond acceptors (Lipinski definition) is 10. The van der Waals surface area contributed by atoms with E-state index in [1.54, 1.807) is 36.4 Å². The number of carboxylic acid groups (broad SMARTS) is 2. The molecule has 8 rings (SSSR count). The Balaban J connectivity index is 0.000000186. The number of carboxylic acids is 2. The molecular weight excluding hydrogens is 950 g/mol. The average Bonchev–Trinajstić information content (AvgIpc) is 3.69. The fraction of sp³-hybridized carbons (Fsp3) is 0.268. The SMILES string of the molecule is Cc1c(N2CCCN(S(=O)(=O)c3cccc(Cl)c3Cl)CC2)ccc2oc(C(=O)O)cc12.O=C(O)c1cc2c(Cl)c(N3CCCN(S(=O)(=O)c4c(Cl)cccc4Cl)CC3)ccc2o1. The monoisotopic (exact) mass is 984 g/mol. The number of furan rings is 2. The van der Waals surface area contributed by atoms with Crippen LogP contribution in [0.25, 0.3) is 21.9 Å². The number of nitrogens with zero attached hydrogens (tertiary/aromatic N) is 4. The standard InChI is InChI=1S/C21H20Cl2N2O5S.C20H17Cl3N2O5S/c1-13-14-12-18(21(26)27)30-17(14)7-6-16(13)24-8-3-9-25(11-10-24)31(28,29)19-5-2-4-15(22)20(19)23;21-13-3-1-4-14(22)19(13)31(28,29)25-8-2-7-24(9-10-25)15-5-6-16-12(18(15)23)11-17(30-16)20(26)27/h2,4-7,12H,3,8-11H2,1H3,(H,26,27);1,3-6,11H,2,7-10H2,(H,26,27). The predicted molar refractivity (Wildman–Crippen MR) is 240 cm³/mol. The maximum Gasteiger partial charge on any atom is 0.371 e. The number of aryl methyl sites for hydroxylation is 1. The van der Waals surface area contributed by atoms with Gasteiger partial charge in [0.1, 0.15) is 21.0 Å². The van der Waals surface area contributed by atoms with Crippen molar-refractivity contribution in [3.8, 4) is 0 Å². The molecule has 4 aromatic carbocycles. The molecule has 2 saturated heterocycles. The summed E-state index contributed by atoms with van der Waals surface area (Å²) < 4.78 is 66.1. The zero-order chi connectivity index (χ0) is 44.7. The molecule has 2 aliphatic rings. The van der Waals surface area contributed by atoms with Gasteiger partial charge in [-0.25, -0.2) is 26.4 Å². The van der Waals surface area contributed by atoms with E-state index in [-0.39, 0.29) is 54.5 Å². The molecule has 0 aliphatic carbocycles. The highest BCUT2D eigenvalue weighted by atomic mass is 35.5. The minimum Gasteiger partial charge on any atom is -0.475 e. The van der Waals surface area contributed by atoms with Gasteiger partial charge in [-0.05, 0) is 79.9 Å². The Hall–Kier alpha value is -4.23. The topological polar surface area (TPSA) is 182 Å². The summed E-state index contributed by atoms with van der Waals surface area (Å²) in [6.45, 7) is 5.15. The van der Waals surface area contributed by atoms with E-state index in [0.717, 1.165) is 16.6 Å². The molecule has 62 heavy (non-hydrogen) atoms. The summed E-state index contributed by atoms with van der Waals surface area (Å²) in [6.07, 6.45) is 1.18. The second kappa shape index (κ2) is 18.5. The third kappa shape index (κ3) is 9.08. The molecule has 0 unspecified atom stereocenters. The van der Waals surface area contributed by atoms with E-state index in [1.807, 2.05) is 17.9 Å². The van der Waals surface area contributed by atoms with Gasteiger partial charge in [0.05, 0.1) is 30.8 Å². The van der Waals surface area contributed by atoms with Crippen molar-refractivity contribution in [1.29, 1.82) is 0 Å². The molecule has 0 bridgehead atoms. The van der Waals surface area contributed by atoms with Crippen molar-refractivity contribution < 1.29 is 45.5 Å². The number of hydrogen-bond donors (Lipinski definition) is 2. The summed E-state index contributed by atoms with van der Waals surface area (Å²) in [5, 5.41) is 20.3. The number of aromatic carboxylic acids is 2. The van der Waals surface area contributed by atoms with Crippen LogP contribution < -0.4 is 9.80 Å². The molecule has 0 amide bonds. The van der Waals surface area contributed by atoms with E-state index >= 15 is 0 Å². The number of rotatable bonds is 8. The lowest BCUT2D eigenvalue weighted by Gasteiger charge is -2.25. The summed E-state index contributed by atoms with van der Waals surface area (Å²) in [4.78, 5) is 26.4. The molecule has 14 nitrogen and oxygen atoms in total. The van der Waals surface area contributed by atoms with Gasteiger partial charge in [-0.15, -0.1) is 0 Å². The number of sulfonamides is 2. The molecule has 0 spiro atoms. The Morgan fingerprint density at radius 1 is 0.565 bits per heavy atom. The minimum absolute atomic E-state index is 0.00677. The smallest absolute Gasteiger partial charge is 0.371 e. The van der Waals surface area contributed by atoms with E-state index in [1.165, 1.54) is 38.9 Å². The van der Waals surface area contributed by atoms with Crippen molar-refractivity contribution in [2.45, 2.75) is 29.6 Å². The number of anilines is 2. The molecule has 328 valence electrons. The van der Waals surface area contributed by atoms with E-state index < -0.39 is 32.0 Å². The molecule has 6 aromatic rings. The average molecular weight is 987 g/mol. The van der Waals surface area contributed by atoms with E-state index in [4.69, 9.17) is 71.9 Å². The van der Waals surface area contributed by atoms with Crippen LogP contribution in [-0.4, -0.2) is 100.0 Å². The summed E-state index contributed by atoms with van der Waals surface area (Å²) in [5.74, 6) is -2.60. The summed E-state index contributed by atoms with van der Waals surface area (Å²) >= 11 is 31.0. The normalized spacial score (nSPS) is 15.9. The molecule has 2 fully saturated rings. The van der Waals surface area contributed by atoms with Gasteiger partial charge >= 0.3 is 11.9 Å². The zero-order valence-electron chi connectivity index (χ0n) is 32.7. The quantitative estimate of drug-likeness (QED) is 0.148. The predicted octanol–water partition coefficient (Wildman–Crippen LogP) is 9.64. The van der Waals surface area contributed by atoms with Crippen LogP contribution in [0.4, 0.5) is 11.4 Å². The van der Waals surface area contributed by atoms with Crippen molar-refractivity contribution in [2.75, 3.05) is 62.2 Å². The first kappa shape index (κ1) is 45.8. The third-order valence-corrected chi connectivity index (χ3v) is 16.7. The van der Waals surface area contributed by atoms with Crippen molar-refractivity contribution >= 4 is 123 Å². The zero-order valence-corrected chi connectivity index (χ0v) is 38.1. The fourth-order valence-corrected chi connectivity index (χ4v) is 12.6. The maximum absolute atomic E-state index is 13.2. The van der Waals surface area contributed by atoms with Gasteiger partial charge in [-0.3, -0.25) is 0 Å². The van der Waals surface area contributed by atoms with Crippen molar-refractivity contribution in [3.05, 3.63) is 115 Å². The third-order valence-electron chi connectivity index (χ3n) is 10.6. The Kier molecular flexibility index (Phi) is 13.6. The van der Waals surface area contributed by atoms with Gasteiger partial charge in [-0.1, -0.05) is 70.1 Å². The van der Waals surface area contributed by atoms with Gasteiger partial charge in [0, 0.05) is 74.9 Å². The van der Waals surface area contributed by atoms with Crippen LogP contribution in [0.3, 0.4) is 0 Å². The van der Waals surface area contributed by atoms with Gasteiger partial charge < -0.3 is 28.8 Å². The number of benzene rings is 4. The molecule has 21 heteroatoms. The highest BCUT2D eigenvalue weighted by Gasteiger charge is 2.32. The van der Waals surface area contributed by atoms with E-state index in [0.29, 0.717) is 79.4 Å². The van der Waals surface area contributed by atoms with E-state index in [2.05, 4.69) is 4.90 Å². The first-order valence-corrected chi connectivity index (χ1v) is 23.8. The van der Waals surface area contributed by atoms with Crippen LogP contribution in [0.5, 0.6) is 0 Å². The Bertz CT molecular complexity index is 2920. The number of carbonyl (C=O) groups is 2. The van der Waals surface area contributed by atoms with Crippen LogP contribution in [0, 0.1) is 6.92 Å². The lowest BCUT2D eigenvalue weighted by molar-refractivity contribution is 0.0655. The Morgan fingerprint density at radius 3 is 1.63 bits per heavy atom. The highest BCUT2D eigenvalue weighted by Crippen LogP contribution is 2.38. The molecule has 0 atom stereocenters. The second-order valence-corrected chi connectivity index (χ2v) is 20.1. The van der Waals surface area contributed by atoms with Crippen molar-refractivity contribution in [2.24, 2.45) is 0 Å². The highest BCUT2D eigenvalue weighted by molar-refractivity contribution is 7.89. The Labute approximate surface area is 381 Å². The van der Waals surface area contributed by atoms with Crippen LogP contribution in [0.1, 0.15) is 39.5 Å². The molecule has 0 radical (unpaired) electrons. The number of fused-ring (bicyclic) bond motifs is 2. The van der Waals surface area contributed by atoms with E-state index in [9.17, 15) is 31.5 Å². The Morgan fingerprint density at radius 2 is 1.05 bits per heavy atom.